The van der Waals surface area contributed by atoms with Gasteiger partial charge in [-0.2, -0.15) is 0 Å². The summed E-state index contributed by atoms with van der Waals surface area (Å²) >= 11 is 11.9. The highest BCUT2D eigenvalue weighted by Gasteiger charge is 2.25. The zero-order chi connectivity index (χ0) is 22.0. The number of methoxy groups -OCH3 is 1. The first-order chi connectivity index (χ1) is 15.0. The van der Waals surface area contributed by atoms with Crippen molar-refractivity contribution in [1.29, 1.82) is 0 Å². The minimum atomic E-state index is -0.376. The second-order valence-corrected chi connectivity index (χ2v) is 8.58. The molecule has 1 amide bonds. The number of alkyl halides is 1. The average molecular weight is 459 g/mol. The number of rotatable bonds is 5. The van der Waals surface area contributed by atoms with Gasteiger partial charge in [0.15, 0.2) is 0 Å². The van der Waals surface area contributed by atoms with Crippen molar-refractivity contribution in [2.24, 2.45) is 0 Å². The molecule has 5 nitrogen and oxygen atoms in total. The molecule has 0 atom stereocenters. The Hall–Kier alpha value is -2.50. The van der Waals surface area contributed by atoms with Crippen LogP contribution in [-0.4, -0.2) is 29.9 Å². The molecule has 1 heterocycles. The molecule has 4 rings (SSSR count). The summed E-state index contributed by atoms with van der Waals surface area (Å²) in [5.74, 6) is -0.419. The lowest BCUT2D eigenvalue weighted by Gasteiger charge is -2.23. The fourth-order valence-electron chi connectivity index (χ4n) is 4.51. The van der Waals surface area contributed by atoms with E-state index in [1.54, 1.807) is 12.1 Å². The summed E-state index contributed by atoms with van der Waals surface area (Å²) < 4.78 is 4.88. The van der Waals surface area contributed by atoms with Crippen molar-refractivity contribution in [3.8, 4) is 11.3 Å². The summed E-state index contributed by atoms with van der Waals surface area (Å²) in [5.41, 5.74) is 4.96. The molecule has 0 radical (unpaired) electrons. The summed E-state index contributed by atoms with van der Waals surface area (Å²) in [6.07, 6.45) is 5.84. The highest BCUT2D eigenvalue weighted by Crippen LogP contribution is 2.44. The van der Waals surface area contributed by atoms with Gasteiger partial charge in [0.05, 0.1) is 24.1 Å². The topological polar surface area (TPSA) is 71.2 Å². The zero-order valence-electron chi connectivity index (χ0n) is 17.3. The molecule has 1 saturated carbocycles. The lowest BCUT2D eigenvalue weighted by atomic mass is 9.81. The summed E-state index contributed by atoms with van der Waals surface area (Å²) in [6, 6.07) is 11.1. The quantitative estimate of drug-likeness (QED) is 0.338. The van der Waals surface area contributed by atoms with Gasteiger partial charge in [0, 0.05) is 21.5 Å². The van der Waals surface area contributed by atoms with Crippen molar-refractivity contribution >= 4 is 51.7 Å². The highest BCUT2D eigenvalue weighted by atomic mass is 35.5. The molecule has 2 N–H and O–H groups in total. The second-order valence-electron chi connectivity index (χ2n) is 7.87. The molecular formula is C24H24Cl2N2O3. The fraction of sp³-hybridized carbons (Fsp3) is 0.333. The Kier molecular flexibility index (Phi) is 6.54. The Morgan fingerprint density at radius 3 is 2.61 bits per heavy atom. The Morgan fingerprint density at radius 1 is 1.13 bits per heavy atom. The number of fused-ring (bicyclic) bond motifs is 1. The molecular weight excluding hydrogens is 435 g/mol. The number of carbonyl (C=O) groups is 2. The maximum atomic E-state index is 12.1. The number of anilines is 1. The van der Waals surface area contributed by atoms with Crippen molar-refractivity contribution in [1.82, 2.24) is 4.98 Å². The third-order valence-corrected chi connectivity index (χ3v) is 6.40. The van der Waals surface area contributed by atoms with Gasteiger partial charge in [0.25, 0.3) is 0 Å². The van der Waals surface area contributed by atoms with E-state index in [1.165, 1.54) is 31.9 Å². The average Bonchev–Trinajstić information content (AvgIpc) is 3.17. The predicted octanol–water partition coefficient (Wildman–Crippen LogP) is 6.50. The molecule has 1 aliphatic rings. The Balaban J connectivity index is 1.92. The van der Waals surface area contributed by atoms with E-state index in [4.69, 9.17) is 27.9 Å². The highest BCUT2D eigenvalue weighted by molar-refractivity contribution is 6.31. The molecule has 0 spiro atoms. The van der Waals surface area contributed by atoms with Gasteiger partial charge >= 0.3 is 5.97 Å². The first-order valence-electron chi connectivity index (χ1n) is 10.4. The number of nitrogens with one attached hydrogen (secondary N) is 2. The number of H-pyrrole nitrogens is 1. The van der Waals surface area contributed by atoms with Crippen LogP contribution in [0.3, 0.4) is 0 Å². The molecule has 2 aromatic carbocycles. The van der Waals surface area contributed by atoms with Crippen molar-refractivity contribution in [3.05, 3.63) is 52.5 Å². The van der Waals surface area contributed by atoms with E-state index in [2.05, 4.69) is 10.3 Å². The maximum absolute atomic E-state index is 12.1. The van der Waals surface area contributed by atoms with Gasteiger partial charge < -0.3 is 15.0 Å². The van der Waals surface area contributed by atoms with Crippen molar-refractivity contribution in [2.45, 2.75) is 38.0 Å². The number of benzene rings is 2. The van der Waals surface area contributed by atoms with Crippen LogP contribution in [0.1, 0.15) is 53.9 Å². The molecule has 1 fully saturated rings. The molecule has 1 aliphatic carbocycles. The first-order valence-corrected chi connectivity index (χ1v) is 11.3. The van der Waals surface area contributed by atoms with Crippen molar-refractivity contribution in [2.75, 3.05) is 18.3 Å². The molecule has 0 saturated heterocycles. The number of ether oxygens (including phenoxy) is 1. The van der Waals surface area contributed by atoms with E-state index in [0.29, 0.717) is 22.2 Å². The van der Waals surface area contributed by atoms with Gasteiger partial charge in [-0.3, -0.25) is 4.79 Å². The largest absolute Gasteiger partial charge is 0.465 e. The normalized spacial score (nSPS) is 14.5. The minimum absolute atomic E-state index is 0.142. The predicted molar refractivity (Wildman–Crippen MR) is 125 cm³/mol. The first kappa shape index (κ1) is 21.7. The van der Waals surface area contributed by atoms with Crippen LogP contribution in [0.5, 0.6) is 0 Å². The lowest BCUT2D eigenvalue weighted by Crippen LogP contribution is -2.13. The monoisotopic (exact) mass is 458 g/mol. The van der Waals surface area contributed by atoms with Crippen LogP contribution in [0.15, 0.2) is 36.4 Å². The molecule has 0 aliphatic heterocycles. The summed E-state index contributed by atoms with van der Waals surface area (Å²) in [4.78, 5) is 27.6. The van der Waals surface area contributed by atoms with Crippen LogP contribution in [0.4, 0.5) is 5.69 Å². The summed E-state index contributed by atoms with van der Waals surface area (Å²) in [7, 11) is 1.37. The number of hydrogen-bond acceptors (Lipinski definition) is 3. The maximum Gasteiger partial charge on any atom is 0.337 e. The molecule has 31 heavy (non-hydrogen) atoms. The fourth-order valence-corrected chi connectivity index (χ4v) is 4.75. The van der Waals surface area contributed by atoms with E-state index in [9.17, 15) is 9.59 Å². The van der Waals surface area contributed by atoms with Crippen molar-refractivity contribution < 1.29 is 14.3 Å². The smallest absolute Gasteiger partial charge is 0.337 e. The van der Waals surface area contributed by atoms with E-state index in [-0.39, 0.29) is 17.8 Å². The molecule has 1 aromatic heterocycles. The van der Waals surface area contributed by atoms with Crippen molar-refractivity contribution in [3.63, 3.8) is 0 Å². The van der Waals surface area contributed by atoms with Crippen LogP contribution in [-0.2, 0) is 9.53 Å². The zero-order valence-corrected chi connectivity index (χ0v) is 18.8. The number of aromatic nitrogens is 1. The Bertz CT molecular complexity index is 1130. The van der Waals surface area contributed by atoms with E-state index >= 15 is 0 Å². The number of hydrogen-bond donors (Lipinski definition) is 2. The number of halogens is 2. The van der Waals surface area contributed by atoms with Gasteiger partial charge in [0.1, 0.15) is 5.88 Å². The third-order valence-electron chi connectivity index (χ3n) is 5.92. The Morgan fingerprint density at radius 2 is 1.90 bits per heavy atom. The molecule has 0 bridgehead atoms. The van der Waals surface area contributed by atoms with Crippen LogP contribution in [0.2, 0.25) is 5.02 Å². The van der Waals surface area contributed by atoms with Crippen LogP contribution in [0, 0.1) is 0 Å². The molecule has 7 heteroatoms. The minimum Gasteiger partial charge on any atom is -0.465 e. The lowest BCUT2D eigenvalue weighted by molar-refractivity contribution is -0.113. The number of esters is 1. The van der Waals surface area contributed by atoms with Gasteiger partial charge in [-0.25, -0.2) is 4.79 Å². The van der Waals surface area contributed by atoms with E-state index in [1.807, 2.05) is 24.3 Å². The standard InChI is InChI=1S/C24H24Cl2N2O3/c1-31-24(30)15-7-9-17-19(11-15)28-23(22(17)14-5-3-2-4-6-14)18-10-8-16(26)12-20(18)27-21(29)13-25/h7-12,14,28H,2-6,13H2,1H3,(H,27,29). The number of aromatic amines is 1. The summed E-state index contributed by atoms with van der Waals surface area (Å²) in [5, 5.41) is 4.47. The number of carbonyl (C=O) groups excluding carboxylic acids is 2. The Labute approximate surface area is 191 Å². The van der Waals surface area contributed by atoms with Gasteiger partial charge in [-0.15, -0.1) is 11.6 Å². The number of amides is 1. The van der Waals surface area contributed by atoms with E-state index in [0.717, 1.165) is 35.0 Å². The molecule has 162 valence electrons. The van der Waals surface area contributed by atoms with Crippen LogP contribution >= 0.6 is 23.2 Å². The molecule has 3 aromatic rings. The van der Waals surface area contributed by atoms with Crippen LogP contribution < -0.4 is 5.32 Å². The summed E-state index contributed by atoms with van der Waals surface area (Å²) in [6.45, 7) is 0. The third kappa shape index (κ3) is 4.43. The van der Waals surface area contributed by atoms with Crippen LogP contribution in [0.25, 0.3) is 22.2 Å². The molecule has 0 unspecified atom stereocenters. The second kappa shape index (κ2) is 9.33. The SMILES string of the molecule is COC(=O)c1ccc2c(C3CCCCC3)c(-c3ccc(Cl)cc3NC(=O)CCl)[nH]c2c1. The van der Waals surface area contributed by atoms with Gasteiger partial charge in [-0.1, -0.05) is 36.9 Å². The van der Waals surface area contributed by atoms with Gasteiger partial charge in [-0.05, 0) is 54.7 Å². The van der Waals surface area contributed by atoms with Gasteiger partial charge in [0.2, 0.25) is 5.91 Å². The van der Waals surface area contributed by atoms with E-state index < -0.39 is 0 Å².